The fourth-order valence-corrected chi connectivity index (χ4v) is 4.19. The van der Waals surface area contributed by atoms with Crippen molar-refractivity contribution >= 4 is 57.2 Å². The van der Waals surface area contributed by atoms with Gasteiger partial charge in [0.2, 0.25) is 5.95 Å². The highest BCUT2D eigenvalue weighted by Gasteiger charge is 2.16. The maximum absolute atomic E-state index is 6.14. The van der Waals surface area contributed by atoms with E-state index in [2.05, 4.69) is 40.9 Å². The molecule has 0 atom stereocenters. The molecule has 0 radical (unpaired) electrons. The standard InChI is InChI=1S/C22H20Cl2N12/c1-35-10-13(8-30-35)36-11-27-19-20(26-9-18-31-16-4-14(23)15(24)5-17(16)32-18)33-22(34-21(19)36)25-3-2-12-6-28-29-7-12/h4-8,10-11H,2-3,9H2,1H3,(H,28,29)(H,31,32)(H2,25,26,33,34). The Balaban J connectivity index is 1.31. The minimum absolute atomic E-state index is 0.379. The van der Waals surface area contributed by atoms with Gasteiger partial charge in [-0.3, -0.25) is 14.3 Å². The Bertz CT molecular complexity index is 1620. The first-order valence-corrected chi connectivity index (χ1v) is 11.8. The lowest BCUT2D eigenvalue weighted by Crippen LogP contribution is -2.11. The van der Waals surface area contributed by atoms with Crippen LogP contribution in [0.1, 0.15) is 11.4 Å². The van der Waals surface area contributed by atoms with Crippen molar-refractivity contribution in [2.75, 3.05) is 17.2 Å². The molecule has 4 N–H and O–H groups in total. The molecule has 5 heterocycles. The molecule has 6 rings (SSSR count). The summed E-state index contributed by atoms with van der Waals surface area (Å²) in [7, 11) is 1.86. The number of aryl methyl sites for hydroxylation is 1. The molecule has 0 aliphatic carbocycles. The molecule has 0 aliphatic rings. The highest BCUT2D eigenvalue weighted by molar-refractivity contribution is 6.42. The molecule has 36 heavy (non-hydrogen) atoms. The van der Waals surface area contributed by atoms with Gasteiger partial charge in [-0.25, -0.2) is 9.97 Å². The van der Waals surface area contributed by atoms with E-state index in [1.807, 2.05) is 24.0 Å². The van der Waals surface area contributed by atoms with E-state index in [0.29, 0.717) is 51.9 Å². The minimum atomic E-state index is 0.379. The second kappa shape index (κ2) is 9.13. The van der Waals surface area contributed by atoms with Crippen LogP contribution in [0.2, 0.25) is 10.0 Å². The Hall–Kier alpha value is -4.16. The molecule has 1 aromatic carbocycles. The first kappa shape index (κ1) is 22.3. The van der Waals surface area contributed by atoms with Crippen LogP contribution in [0.15, 0.2) is 43.2 Å². The van der Waals surface area contributed by atoms with Gasteiger partial charge >= 0.3 is 0 Å². The Morgan fingerprint density at radius 3 is 2.75 bits per heavy atom. The number of benzene rings is 1. The molecule has 0 unspecified atom stereocenters. The van der Waals surface area contributed by atoms with Gasteiger partial charge in [-0.1, -0.05) is 23.2 Å². The average molecular weight is 523 g/mol. The van der Waals surface area contributed by atoms with E-state index in [1.54, 1.807) is 35.5 Å². The van der Waals surface area contributed by atoms with Crippen molar-refractivity contribution < 1.29 is 0 Å². The van der Waals surface area contributed by atoms with Gasteiger partial charge in [-0.05, 0) is 24.1 Å². The molecule has 0 fully saturated rings. The fraction of sp³-hybridized carbons (Fsp3) is 0.182. The summed E-state index contributed by atoms with van der Waals surface area (Å²) in [6.07, 6.45) is 9.79. The smallest absolute Gasteiger partial charge is 0.226 e. The quantitative estimate of drug-likeness (QED) is 0.236. The topological polar surface area (TPSA) is 143 Å². The molecule has 12 nitrogen and oxygen atoms in total. The predicted molar refractivity (Wildman–Crippen MR) is 138 cm³/mol. The summed E-state index contributed by atoms with van der Waals surface area (Å²) in [5.41, 5.74) is 4.75. The third-order valence-corrected chi connectivity index (χ3v) is 6.34. The van der Waals surface area contributed by atoms with E-state index in [9.17, 15) is 0 Å². The Labute approximate surface area is 214 Å². The summed E-state index contributed by atoms with van der Waals surface area (Å²) < 4.78 is 3.60. The monoisotopic (exact) mass is 522 g/mol. The van der Waals surface area contributed by atoms with E-state index in [0.717, 1.165) is 28.7 Å². The van der Waals surface area contributed by atoms with Crippen LogP contribution < -0.4 is 10.6 Å². The SMILES string of the molecule is Cn1cc(-n2cnc3c(NCc4nc5cc(Cl)c(Cl)cc5[nH]4)nc(NCCc4cn[nH]c4)nc32)cn1. The normalized spacial score (nSPS) is 11.5. The molecule has 0 saturated heterocycles. The number of halogens is 2. The third kappa shape index (κ3) is 4.32. The summed E-state index contributed by atoms with van der Waals surface area (Å²) in [6, 6.07) is 3.50. The summed E-state index contributed by atoms with van der Waals surface area (Å²) in [6.45, 7) is 1.01. The number of rotatable bonds is 8. The highest BCUT2D eigenvalue weighted by atomic mass is 35.5. The number of fused-ring (bicyclic) bond motifs is 2. The van der Waals surface area contributed by atoms with Crippen molar-refractivity contribution in [3.63, 3.8) is 0 Å². The maximum atomic E-state index is 6.14. The summed E-state index contributed by atoms with van der Waals surface area (Å²) in [4.78, 5) is 21.9. The molecule has 6 aromatic rings. The van der Waals surface area contributed by atoms with Crippen LogP contribution in [0.4, 0.5) is 11.8 Å². The van der Waals surface area contributed by atoms with Gasteiger partial charge in [0.05, 0.1) is 45.7 Å². The third-order valence-electron chi connectivity index (χ3n) is 5.61. The first-order chi connectivity index (χ1) is 17.5. The van der Waals surface area contributed by atoms with Crippen LogP contribution >= 0.6 is 23.2 Å². The largest absolute Gasteiger partial charge is 0.361 e. The zero-order valence-corrected chi connectivity index (χ0v) is 20.5. The number of aromatic nitrogens is 10. The lowest BCUT2D eigenvalue weighted by molar-refractivity contribution is 0.767. The van der Waals surface area contributed by atoms with Crippen molar-refractivity contribution in [2.45, 2.75) is 13.0 Å². The van der Waals surface area contributed by atoms with Crippen molar-refractivity contribution in [3.05, 3.63) is 64.7 Å². The van der Waals surface area contributed by atoms with Crippen molar-refractivity contribution in [1.29, 1.82) is 0 Å². The van der Waals surface area contributed by atoms with E-state index in [4.69, 9.17) is 33.2 Å². The van der Waals surface area contributed by atoms with Gasteiger partial charge in [0, 0.05) is 26.0 Å². The number of aromatic amines is 2. The van der Waals surface area contributed by atoms with Crippen LogP contribution in [0.25, 0.3) is 27.9 Å². The zero-order chi connectivity index (χ0) is 24.6. The first-order valence-electron chi connectivity index (χ1n) is 11.1. The zero-order valence-electron chi connectivity index (χ0n) is 19.0. The number of hydrogen-bond acceptors (Lipinski definition) is 8. The Kier molecular flexibility index (Phi) is 5.66. The number of nitrogens with zero attached hydrogens (tertiary/aromatic N) is 8. The van der Waals surface area contributed by atoms with Gasteiger partial charge in [0.25, 0.3) is 0 Å². The number of imidazole rings is 2. The minimum Gasteiger partial charge on any atom is -0.361 e. The van der Waals surface area contributed by atoms with E-state index >= 15 is 0 Å². The summed E-state index contributed by atoms with van der Waals surface area (Å²) in [5.74, 6) is 1.75. The maximum Gasteiger partial charge on any atom is 0.226 e. The number of nitrogens with one attached hydrogen (secondary N) is 4. The highest BCUT2D eigenvalue weighted by Crippen LogP contribution is 2.27. The van der Waals surface area contributed by atoms with Crippen molar-refractivity contribution in [2.24, 2.45) is 7.05 Å². The second-order valence-corrected chi connectivity index (χ2v) is 8.97. The van der Waals surface area contributed by atoms with Crippen LogP contribution in [0.5, 0.6) is 0 Å². The van der Waals surface area contributed by atoms with Crippen LogP contribution in [-0.4, -0.2) is 56.0 Å². The van der Waals surface area contributed by atoms with Crippen molar-refractivity contribution in [1.82, 2.24) is 49.5 Å². The van der Waals surface area contributed by atoms with E-state index in [1.165, 1.54) is 0 Å². The molecule has 14 heteroatoms. The number of anilines is 2. The van der Waals surface area contributed by atoms with Gasteiger partial charge < -0.3 is 15.6 Å². The molecule has 0 spiro atoms. The van der Waals surface area contributed by atoms with E-state index in [-0.39, 0.29) is 0 Å². The molecule has 0 amide bonds. The predicted octanol–water partition coefficient (Wildman–Crippen LogP) is 3.72. The Morgan fingerprint density at radius 1 is 1.06 bits per heavy atom. The van der Waals surface area contributed by atoms with Crippen LogP contribution in [0.3, 0.4) is 0 Å². The van der Waals surface area contributed by atoms with Gasteiger partial charge in [0.15, 0.2) is 17.0 Å². The van der Waals surface area contributed by atoms with Crippen LogP contribution in [0, 0.1) is 0 Å². The average Bonchev–Trinajstić information content (AvgIpc) is 3.65. The molecule has 0 bridgehead atoms. The van der Waals surface area contributed by atoms with E-state index < -0.39 is 0 Å². The molecule has 182 valence electrons. The lowest BCUT2D eigenvalue weighted by Gasteiger charge is -2.09. The van der Waals surface area contributed by atoms with Gasteiger partial charge in [-0.15, -0.1) is 0 Å². The van der Waals surface area contributed by atoms with Crippen LogP contribution in [-0.2, 0) is 20.0 Å². The van der Waals surface area contributed by atoms with Gasteiger partial charge in [-0.2, -0.15) is 20.2 Å². The summed E-state index contributed by atoms with van der Waals surface area (Å²) >= 11 is 12.3. The second-order valence-electron chi connectivity index (χ2n) is 8.16. The lowest BCUT2D eigenvalue weighted by atomic mass is 10.2. The number of hydrogen-bond donors (Lipinski definition) is 4. The van der Waals surface area contributed by atoms with Crippen molar-refractivity contribution in [3.8, 4) is 5.69 Å². The molecule has 0 saturated carbocycles. The fourth-order valence-electron chi connectivity index (χ4n) is 3.87. The Morgan fingerprint density at radius 2 is 1.94 bits per heavy atom. The molecular weight excluding hydrogens is 503 g/mol. The number of H-pyrrole nitrogens is 2. The molecular formula is C22H20Cl2N12. The molecule has 5 aromatic heterocycles. The molecule has 0 aliphatic heterocycles. The van der Waals surface area contributed by atoms with Gasteiger partial charge in [0.1, 0.15) is 12.2 Å². The summed E-state index contributed by atoms with van der Waals surface area (Å²) in [5, 5.41) is 18.6.